The van der Waals surface area contributed by atoms with Gasteiger partial charge in [0.25, 0.3) is 0 Å². The van der Waals surface area contributed by atoms with Gasteiger partial charge in [-0.05, 0) is 45.3 Å². The predicted molar refractivity (Wildman–Crippen MR) is 77.8 cm³/mol. The molecule has 1 atom stereocenters. The van der Waals surface area contributed by atoms with Gasteiger partial charge in [-0.15, -0.1) is 0 Å². The van der Waals surface area contributed by atoms with Crippen molar-refractivity contribution >= 4 is 23.4 Å². The van der Waals surface area contributed by atoms with Crippen molar-refractivity contribution in [2.45, 2.75) is 43.8 Å². The topological polar surface area (TPSA) is 66.8 Å². The molecule has 0 saturated heterocycles. The van der Waals surface area contributed by atoms with Gasteiger partial charge in [-0.25, -0.2) is 0 Å². The number of rotatable bonds is 5. The van der Waals surface area contributed by atoms with Crippen LogP contribution >= 0.6 is 0 Å². The van der Waals surface area contributed by atoms with E-state index in [1.807, 2.05) is 0 Å². The van der Waals surface area contributed by atoms with Crippen LogP contribution < -0.4 is 5.46 Å². The van der Waals surface area contributed by atoms with Crippen LogP contribution in [-0.4, -0.2) is 38.9 Å². The molecule has 0 aliphatic rings. The third kappa shape index (κ3) is 4.14. The smallest absolute Gasteiger partial charge is 0.423 e. The second kappa shape index (κ2) is 5.75. The molecule has 0 heterocycles. The lowest BCUT2D eigenvalue weighted by atomic mass is 9.76. The van der Waals surface area contributed by atoms with Gasteiger partial charge in [0.15, 0.2) is 0 Å². The lowest BCUT2D eigenvalue weighted by molar-refractivity contribution is -0.0982. The molecule has 1 rings (SSSR count). The molecule has 2 N–H and O–H groups in total. The average molecular weight is 284 g/mol. The first kappa shape index (κ1) is 16.4. The molecule has 106 valence electrons. The summed E-state index contributed by atoms with van der Waals surface area (Å²) in [6.07, 6.45) is 1.58. The Labute approximate surface area is 117 Å². The Balaban J connectivity index is 2.93. The largest absolute Gasteiger partial charge is 0.491 e. The summed E-state index contributed by atoms with van der Waals surface area (Å²) in [5.74, 6) is 0. The van der Waals surface area contributed by atoms with Crippen LogP contribution in [0.5, 0.6) is 0 Å². The highest BCUT2D eigenvalue weighted by Crippen LogP contribution is 2.25. The van der Waals surface area contributed by atoms with Crippen LogP contribution in [0.15, 0.2) is 29.2 Å². The molecule has 0 aliphatic heterocycles. The van der Waals surface area contributed by atoms with Gasteiger partial charge >= 0.3 is 7.12 Å². The normalized spacial score (nSPS) is 14.3. The number of hydrogen-bond acceptors (Lipinski definition) is 4. The van der Waals surface area contributed by atoms with Crippen LogP contribution in [0.3, 0.4) is 0 Å². The Morgan fingerprint density at radius 1 is 1.26 bits per heavy atom. The summed E-state index contributed by atoms with van der Waals surface area (Å²) in [5, 5.41) is 20.1. The van der Waals surface area contributed by atoms with Gasteiger partial charge in [0.1, 0.15) is 0 Å². The third-order valence-corrected chi connectivity index (χ3v) is 4.27. The van der Waals surface area contributed by atoms with Crippen molar-refractivity contribution in [2.75, 3.05) is 6.26 Å². The number of aliphatic hydroxyl groups is 1. The zero-order chi connectivity index (χ0) is 14.8. The van der Waals surface area contributed by atoms with E-state index >= 15 is 0 Å². The third-order valence-electron chi connectivity index (χ3n) is 3.35. The van der Waals surface area contributed by atoms with Crippen LogP contribution in [-0.2, 0) is 15.5 Å². The van der Waals surface area contributed by atoms with E-state index in [2.05, 4.69) is 0 Å². The van der Waals surface area contributed by atoms with E-state index in [1.54, 1.807) is 58.2 Å². The molecule has 0 bridgehead atoms. The Hall–Kier alpha value is -0.685. The molecule has 6 heteroatoms. The molecular weight excluding hydrogens is 263 g/mol. The molecule has 0 radical (unpaired) electrons. The fourth-order valence-electron chi connectivity index (χ4n) is 1.34. The summed E-state index contributed by atoms with van der Waals surface area (Å²) in [4.78, 5) is 0.626. The van der Waals surface area contributed by atoms with Crippen LogP contribution in [0.2, 0.25) is 0 Å². The van der Waals surface area contributed by atoms with Gasteiger partial charge in [-0.2, -0.15) is 0 Å². The summed E-state index contributed by atoms with van der Waals surface area (Å²) in [5.41, 5.74) is -1.50. The van der Waals surface area contributed by atoms with Crippen LogP contribution in [0.4, 0.5) is 0 Å². The Kier molecular flexibility index (Phi) is 4.95. The van der Waals surface area contributed by atoms with Gasteiger partial charge in [-0.1, -0.05) is 12.1 Å². The molecule has 0 aromatic heterocycles. The maximum atomic E-state index is 11.4. The molecule has 19 heavy (non-hydrogen) atoms. The van der Waals surface area contributed by atoms with Crippen molar-refractivity contribution in [3.63, 3.8) is 0 Å². The van der Waals surface area contributed by atoms with Crippen molar-refractivity contribution < 1.29 is 19.0 Å². The standard InChI is InChI=1S/C13H21BO4S/c1-12(2,15)13(3,4)18-14(16)10-7-6-8-11(9-10)19(5)17/h6-9,15-16H,1-5H3. The van der Waals surface area contributed by atoms with Crippen molar-refractivity contribution in [3.8, 4) is 0 Å². The lowest BCUT2D eigenvalue weighted by Gasteiger charge is -2.38. The van der Waals surface area contributed by atoms with Crippen molar-refractivity contribution in [3.05, 3.63) is 24.3 Å². The zero-order valence-electron chi connectivity index (χ0n) is 12.0. The van der Waals surface area contributed by atoms with Crippen molar-refractivity contribution in [2.24, 2.45) is 0 Å². The minimum Gasteiger partial charge on any atom is -0.423 e. The minimum absolute atomic E-state index is 0.519. The SMILES string of the molecule is CS(=O)c1cccc(B(O)OC(C)(C)C(C)(C)O)c1. The molecule has 0 spiro atoms. The molecular formula is C13H21BO4S. The Morgan fingerprint density at radius 2 is 1.84 bits per heavy atom. The highest BCUT2D eigenvalue weighted by atomic mass is 32.2. The number of hydrogen-bond donors (Lipinski definition) is 2. The summed E-state index contributed by atoms with van der Waals surface area (Å²) in [6, 6.07) is 6.78. The van der Waals surface area contributed by atoms with Gasteiger partial charge in [0.05, 0.1) is 11.2 Å². The summed E-state index contributed by atoms with van der Waals surface area (Å²) in [6.45, 7) is 6.66. The van der Waals surface area contributed by atoms with E-state index in [4.69, 9.17) is 4.65 Å². The first-order chi connectivity index (χ1) is 8.54. The second-order valence-electron chi connectivity index (χ2n) is 5.57. The summed E-state index contributed by atoms with van der Waals surface area (Å²) in [7, 11) is -2.29. The van der Waals surface area contributed by atoms with Gasteiger partial charge < -0.3 is 14.8 Å². The summed E-state index contributed by atoms with van der Waals surface area (Å²) >= 11 is 0. The molecule has 1 unspecified atom stereocenters. The predicted octanol–water partition coefficient (Wildman–Crippen LogP) is 0.678. The highest BCUT2D eigenvalue weighted by molar-refractivity contribution is 7.84. The molecule has 1 aromatic carbocycles. The zero-order valence-corrected chi connectivity index (χ0v) is 12.8. The molecule has 0 aliphatic carbocycles. The monoisotopic (exact) mass is 284 g/mol. The van der Waals surface area contributed by atoms with Crippen molar-refractivity contribution in [1.82, 2.24) is 0 Å². The van der Waals surface area contributed by atoms with E-state index in [0.29, 0.717) is 10.4 Å². The van der Waals surface area contributed by atoms with Gasteiger partial charge in [-0.3, -0.25) is 4.21 Å². The van der Waals surface area contributed by atoms with Gasteiger partial charge in [0, 0.05) is 22.0 Å². The van der Waals surface area contributed by atoms with E-state index < -0.39 is 29.1 Å². The Morgan fingerprint density at radius 3 is 2.32 bits per heavy atom. The maximum Gasteiger partial charge on any atom is 0.491 e. The molecule has 1 aromatic rings. The van der Waals surface area contributed by atoms with E-state index in [-0.39, 0.29) is 0 Å². The highest BCUT2D eigenvalue weighted by Gasteiger charge is 2.39. The summed E-state index contributed by atoms with van der Waals surface area (Å²) < 4.78 is 16.9. The first-order valence-corrected chi connectivity index (χ1v) is 7.62. The quantitative estimate of drug-likeness (QED) is 0.780. The lowest BCUT2D eigenvalue weighted by Crippen LogP contribution is -2.53. The van der Waals surface area contributed by atoms with E-state index in [1.165, 1.54) is 0 Å². The second-order valence-corrected chi connectivity index (χ2v) is 6.95. The molecule has 4 nitrogen and oxygen atoms in total. The van der Waals surface area contributed by atoms with Gasteiger partial charge in [0.2, 0.25) is 0 Å². The first-order valence-electron chi connectivity index (χ1n) is 6.06. The van der Waals surface area contributed by atoms with E-state index in [0.717, 1.165) is 0 Å². The minimum atomic E-state index is -1.18. The van der Waals surface area contributed by atoms with Crippen LogP contribution in [0, 0.1) is 0 Å². The molecule has 0 saturated carbocycles. The average Bonchev–Trinajstić information content (AvgIpc) is 2.27. The van der Waals surface area contributed by atoms with Crippen LogP contribution in [0.1, 0.15) is 27.7 Å². The molecule has 0 amide bonds. The number of benzene rings is 1. The van der Waals surface area contributed by atoms with Crippen LogP contribution in [0.25, 0.3) is 0 Å². The van der Waals surface area contributed by atoms with Crippen molar-refractivity contribution in [1.29, 1.82) is 0 Å². The fraction of sp³-hybridized carbons (Fsp3) is 0.538. The Bertz CT molecular complexity index is 468. The fourth-order valence-corrected chi connectivity index (χ4v) is 1.91. The molecule has 0 fully saturated rings. The maximum absolute atomic E-state index is 11.4. The van der Waals surface area contributed by atoms with E-state index in [9.17, 15) is 14.3 Å².